The molecule has 2 heterocycles. The molecule has 4 rings (SSSR count). The van der Waals surface area contributed by atoms with Crippen LogP contribution in [0.25, 0.3) is 0 Å². The Labute approximate surface area is 176 Å². The van der Waals surface area contributed by atoms with Crippen molar-refractivity contribution in [1.29, 1.82) is 0 Å². The molecule has 2 aliphatic rings. The molecule has 0 radical (unpaired) electrons. The molecule has 2 aromatic rings. The Kier molecular flexibility index (Phi) is 7.37. The highest BCUT2D eigenvalue weighted by Crippen LogP contribution is 2.38. The van der Waals surface area contributed by atoms with Crippen LogP contribution in [0.15, 0.2) is 29.2 Å². The first-order valence-corrected chi connectivity index (χ1v) is 10.8. The zero-order valence-electron chi connectivity index (χ0n) is 16.2. The second-order valence-electron chi connectivity index (χ2n) is 7.42. The minimum atomic E-state index is -0.174. The smallest absolute Gasteiger partial charge is 0.278 e. The van der Waals surface area contributed by atoms with E-state index in [1.54, 1.807) is 0 Å². The Morgan fingerprint density at radius 1 is 1.18 bits per heavy atom. The minimum absolute atomic E-state index is 0. The maximum Gasteiger partial charge on any atom is 0.278 e. The molecule has 6 nitrogen and oxygen atoms in total. The first-order chi connectivity index (χ1) is 13.2. The lowest BCUT2D eigenvalue weighted by atomic mass is 10.1. The van der Waals surface area contributed by atoms with Gasteiger partial charge in [0.2, 0.25) is 0 Å². The van der Waals surface area contributed by atoms with Gasteiger partial charge in [0.1, 0.15) is 0 Å². The molecule has 1 aliphatic carbocycles. The fraction of sp³-hybridized carbons (Fsp3) is 0.550. The Balaban J connectivity index is 0.00000225. The molecule has 2 N–H and O–H groups in total. The molecule has 0 spiro atoms. The van der Waals surface area contributed by atoms with Crippen LogP contribution >= 0.6 is 24.2 Å². The minimum Gasteiger partial charge on any atom is -0.319 e. The Hall–Kier alpha value is -1.57. The van der Waals surface area contributed by atoms with Gasteiger partial charge in [0, 0.05) is 10.1 Å². The molecule has 1 aromatic heterocycles. The summed E-state index contributed by atoms with van der Waals surface area (Å²) in [4.78, 5) is 14.0. The van der Waals surface area contributed by atoms with Crippen molar-refractivity contribution in [3.8, 4) is 0 Å². The number of thioether (sulfide) groups is 1. The fourth-order valence-electron chi connectivity index (χ4n) is 3.99. The van der Waals surface area contributed by atoms with Crippen LogP contribution in [0.2, 0.25) is 0 Å². The monoisotopic (exact) mass is 421 g/mol. The summed E-state index contributed by atoms with van der Waals surface area (Å²) in [6, 6.07) is 8.39. The van der Waals surface area contributed by atoms with E-state index in [4.69, 9.17) is 0 Å². The third-order valence-electron chi connectivity index (χ3n) is 5.53. The predicted molar refractivity (Wildman–Crippen MR) is 116 cm³/mol. The molecule has 152 valence electrons. The number of rotatable bonds is 5. The van der Waals surface area contributed by atoms with Crippen molar-refractivity contribution >= 4 is 35.8 Å². The normalized spacial score (nSPS) is 18.0. The summed E-state index contributed by atoms with van der Waals surface area (Å²) in [5.74, 6) is -0.174. The van der Waals surface area contributed by atoms with Crippen LogP contribution in [0, 0.1) is 6.92 Å². The second kappa shape index (κ2) is 9.76. The van der Waals surface area contributed by atoms with E-state index >= 15 is 0 Å². The molecule has 1 aromatic carbocycles. The number of carbonyl (C=O) groups excluding carboxylic acids is 1. The van der Waals surface area contributed by atoms with Crippen LogP contribution in [-0.4, -0.2) is 39.2 Å². The first-order valence-electron chi connectivity index (χ1n) is 9.92. The lowest BCUT2D eigenvalue weighted by Gasteiger charge is -2.23. The van der Waals surface area contributed by atoms with Crippen molar-refractivity contribution in [2.75, 3.05) is 18.4 Å². The number of carbonyl (C=O) groups is 1. The number of halogens is 1. The zero-order valence-corrected chi connectivity index (χ0v) is 17.8. The van der Waals surface area contributed by atoms with Gasteiger partial charge >= 0.3 is 0 Å². The van der Waals surface area contributed by atoms with Crippen LogP contribution in [0.4, 0.5) is 5.69 Å². The average molecular weight is 422 g/mol. The van der Waals surface area contributed by atoms with Crippen molar-refractivity contribution in [1.82, 2.24) is 20.3 Å². The number of hydrogen-bond donors (Lipinski definition) is 2. The van der Waals surface area contributed by atoms with Crippen molar-refractivity contribution in [3.05, 3.63) is 35.7 Å². The van der Waals surface area contributed by atoms with Gasteiger partial charge in [-0.25, -0.2) is 4.68 Å². The molecule has 8 heteroatoms. The zero-order chi connectivity index (χ0) is 18.6. The van der Waals surface area contributed by atoms with Crippen molar-refractivity contribution in [3.63, 3.8) is 0 Å². The highest BCUT2D eigenvalue weighted by Gasteiger charge is 2.24. The number of hydrogen-bond acceptors (Lipinski definition) is 5. The number of nitrogens with zero attached hydrogens (tertiary/aromatic N) is 3. The predicted octanol–water partition coefficient (Wildman–Crippen LogP) is 4.22. The maximum atomic E-state index is 12.9. The van der Waals surface area contributed by atoms with Crippen LogP contribution in [0.5, 0.6) is 0 Å². The SMILES string of the molecule is Cc1c(C(=O)Nc2ccccc2SC2CCCC2)nnn1C1CCNCC1.Cl. The summed E-state index contributed by atoms with van der Waals surface area (Å²) in [6.07, 6.45) is 7.18. The summed E-state index contributed by atoms with van der Waals surface area (Å²) in [7, 11) is 0. The van der Waals surface area contributed by atoms with Gasteiger partial charge in [0.05, 0.1) is 17.4 Å². The first kappa shape index (κ1) is 21.1. The molecular formula is C20H28ClN5OS. The molecular weight excluding hydrogens is 394 g/mol. The largest absolute Gasteiger partial charge is 0.319 e. The molecule has 0 unspecified atom stereocenters. The standard InChI is InChI=1S/C20H27N5OS.ClH/c1-14-19(23-24-25(14)15-10-12-21-13-11-15)20(26)22-17-8-4-5-9-18(17)27-16-6-2-3-7-16;/h4-5,8-9,15-16,21H,2-3,6-7,10-13H2,1H3,(H,22,26);1H. The van der Waals surface area contributed by atoms with Gasteiger partial charge in [-0.2, -0.15) is 0 Å². The molecule has 0 atom stereocenters. The number of piperidine rings is 1. The number of para-hydroxylation sites is 1. The van der Waals surface area contributed by atoms with Gasteiger partial charge in [-0.05, 0) is 57.8 Å². The highest BCUT2D eigenvalue weighted by atomic mass is 35.5. The average Bonchev–Trinajstić information content (AvgIpc) is 3.33. The number of nitrogens with one attached hydrogen (secondary N) is 2. The van der Waals surface area contributed by atoms with E-state index in [1.165, 1.54) is 25.7 Å². The van der Waals surface area contributed by atoms with Crippen molar-refractivity contribution in [2.24, 2.45) is 0 Å². The summed E-state index contributed by atoms with van der Waals surface area (Å²) in [5, 5.41) is 15.6. The van der Waals surface area contributed by atoms with Crippen LogP contribution in [0.3, 0.4) is 0 Å². The third kappa shape index (κ3) is 4.70. The Bertz CT molecular complexity index is 800. The summed E-state index contributed by atoms with van der Waals surface area (Å²) >= 11 is 1.88. The van der Waals surface area contributed by atoms with Crippen LogP contribution in [-0.2, 0) is 0 Å². The van der Waals surface area contributed by atoms with Gasteiger partial charge in [-0.1, -0.05) is 30.2 Å². The second-order valence-corrected chi connectivity index (χ2v) is 8.77. The molecule has 1 saturated heterocycles. The van der Waals surface area contributed by atoms with Gasteiger partial charge in [-0.3, -0.25) is 4.79 Å². The third-order valence-corrected chi connectivity index (χ3v) is 6.94. The van der Waals surface area contributed by atoms with Crippen LogP contribution < -0.4 is 10.6 Å². The molecule has 1 amide bonds. The van der Waals surface area contributed by atoms with Gasteiger partial charge in [-0.15, -0.1) is 29.3 Å². The Morgan fingerprint density at radius 2 is 1.89 bits per heavy atom. The Morgan fingerprint density at radius 3 is 2.64 bits per heavy atom. The number of benzene rings is 1. The fourth-order valence-corrected chi connectivity index (χ4v) is 5.32. The summed E-state index contributed by atoms with van der Waals surface area (Å²) in [6.45, 7) is 3.91. The van der Waals surface area contributed by atoms with Crippen LogP contribution in [0.1, 0.15) is 60.7 Å². The quantitative estimate of drug-likeness (QED) is 0.756. The van der Waals surface area contributed by atoms with Gasteiger partial charge in [0.15, 0.2) is 5.69 Å². The van der Waals surface area contributed by atoms with Gasteiger partial charge in [0.25, 0.3) is 5.91 Å². The van der Waals surface area contributed by atoms with E-state index in [9.17, 15) is 4.79 Å². The highest BCUT2D eigenvalue weighted by molar-refractivity contribution is 8.00. The van der Waals surface area contributed by atoms with E-state index in [0.29, 0.717) is 17.0 Å². The van der Waals surface area contributed by atoms with E-state index in [-0.39, 0.29) is 18.3 Å². The lowest BCUT2D eigenvalue weighted by molar-refractivity contribution is 0.102. The number of anilines is 1. The van der Waals surface area contributed by atoms with Crippen molar-refractivity contribution in [2.45, 2.75) is 61.6 Å². The summed E-state index contributed by atoms with van der Waals surface area (Å²) in [5.41, 5.74) is 2.14. The van der Waals surface area contributed by atoms with E-state index < -0.39 is 0 Å². The maximum absolute atomic E-state index is 12.9. The molecule has 1 saturated carbocycles. The number of amides is 1. The van der Waals surface area contributed by atoms with Gasteiger partial charge < -0.3 is 10.6 Å². The van der Waals surface area contributed by atoms with E-state index in [2.05, 4.69) is 27.0 Å². The lowest BCUT2D eigenvalue weighted by Crippen LogP contribution is -2.30. The summed E-state index contributed by atoms with van der Waals surface area (Å²) < 4.78 is 1.93. The molecule has 0 bridgehead atoms. The van der Waals surface area contributed by atoms with Crippen molar-refractivity contribution < 1.29 is 4.79 Å². The number of aromatic nitrogens is 3. The molecule has 1 aliphatic heterocycles. The van der Waals surface area contributed by atoms with E-state index in [0.717, 1.165) is 42.2 Å². The van der Waals surface area contributed by atoms with E-state index in [1.807, 2.05) is 41.6 Å². The molecule has 28 heavy (non-hydrogen) atoms. The molecule has 2 fully saturated rings. The topological polar surface area (TPSA) is 71.8 Å².